The zero-order valence-corrected chi connectivity index (χ0v) is 12.8. The summed E-state index contributed by atoms with van der Waals surface area (Å²) in [5, 5.41) is 3.33. The number of alkyl halides is 3. The Kier molecular flexibility index (Phi) is 4.40. The third kappa shape index (κ3) is 3.64. The van der Waals surface area contributed by atoms with E-state index in [2.05, 4.69) is 14.7 Å². The lowest BCUT2D eigenvalue weighted by Crippen LogP contribution is -2.15. The molecule has 1 fully saturated rings. The number of halogens is 3. The molecule has 1 unspecified atom stereocenters. The van der Waals surface area contributed by atoms with Crippen molar-refractivity contribution in [1.82, 2.24) is 10.1 Å². The van der Waals surface area contributed by atoms with E-state index in [0.29, 0.717) is 23.5 Å². The zero-order chi connectivity index (χ0) is 17.3. The first-order chi connectivity index (χ1) is 11.4. The maximum atomic E-state index is 12.5. The van der Waals surface area contributed by atoms with E-state index in [1.807, 2.05) is 0 Å². The van der Waals surface area contributed by atoms with Gasteiger partial charge in [0.2, 0.25) is 5.82 Å². The number of hydrogen-bond donors (Lipinski definition) is 0. The summed E-state index contributed by atoms with van der Waals surface area (Å²) in [6, 6.07) is 6.32. The number of ketones is 1. The number of rotatable bonds is 6. The summed E-state index contributed by atoms with van der Waals surface area (Å²) in [5.41, 5.74) is 1.01. The van der Waals surface area contributed by atoms with E-state index in [0.717, 1.165) is 12.8 Å². The molecular weight excluding hydrogens is 325 g/mol. The van der Waals surface area contributed by atoms with Crippen LogP contribution in [-0.4, -0.2) is 23.0 Å². The highest BCUT2D eigenvalue weighted by molar-refractivity contribution is 5.85. The second-order valence-electron chi connectivity index (χ2n) is 5.77. The highest BCUT2D eigenvalue weighted by Crippen LogP contribution is 2.35. The predicted molar refractivity (Wildman–Crippen MR) is 76.8 cm³/mol. The van der Waals surface area contributed by atoms with Gasteiger partial charge in [-0.15, -0.1) is 0 Å². The summed E-state index contributed by atoms with van der Waals surface area (Å²) in [6.07, 6.45) is -2.72. The molecule has 1 saturated carbocycles. The number of benzene rings is 1. The molecule has 1 aromatic carbocycles. The molecule has 0 aliphatic heterocycles. The first kappa shape index (κ1) is 16.6. The molecule has 1 heterocycles. The van der Waals surface area contributed by atoms with Crippen molar-refractivity contribution < 1.29 is 27.2 Å². The van der Waals surface area contributed by atoms with Crippen molar-refractivity contribution >= 4 is 5.78 Å². The Balaban J connectivity index is 1.76. The van der Waals surface area contributed by atoms with E-state index in [1.54, 1.807) is 12.1 Å². The van der Waals surface area contributed by atoms with Crippen molar-refractivity contribution in [2.75, 3.05) is 7.11 Å². The number of hydrogen-bond acceptors (Lipinski definition) is 5. The first-order valence-electron chi connectivity index (χ1n) is 7.45. The van der Waals surface area contributed by atoms with Gasteiger partial charge in [0.1, 0.15) is 6.10 Å². The highest BCUT2D eigenvalue weighted by atomic mass is 19.4. The molecule has 2 aromatic rings. The summed E-state index contributed by atoms with van der Waals surface area (Å²) >= 11 is 0. The Morgan fingerprint density at radius 1 is 1.33 bits per heavy atom. The lowest BCUT2D eigenvalue weighted by molar-refractivity contribution is -0.159. The smallest absolute Gasteiger partial charge is 0.369 e. The zero-order valence-electron chi connectivity index (χ0n) is 12.8. The summed E-state index contributed by atoms with van der Waals surface area (Å²) in [5.74, 6) is -1.09. The minimum Gasteiger partial charge on any atom is -0.369 e. The van der Waals surface area contributed by atoms with Crippen molar-refractivity contribution in [1.29, 1.82) is 0 Å². The maximum absolute atomic E-state index is 12.5. The van der Waals surface area contributed by atoms with Crippen LogP contribution >= 0.6 is 0 Å². The summed E-state index contributed by atoms with van der Waals surface area (Å²) in [6.45, 7) is 0. The van der Waals surface area contributed by atoms with Crippen molar-refractivity contribution in [3.05, 3.63) is 35.7 Å². The third-order valence-electron chi connectivity index (χ3n) is 3.86. The van der Waals surface area contributed by atoms with Gasteiger partial charge in [-0.1, -0.05) is 29.4 Å². The van der Waals surface area contributed by atoms with Crippen molar-refractivity contribution in [3.63, 3.8) is 0 Å². The quantitative estimate of drug-likeness (QED) is 0.800. The molecule has 5 nitrogen and oxygen atoms in total. The third-order valence-corrected chi connectivity index (χ3v) is 3.86. The standard InChI is InChI=1S/C16H15F3N2O3/c1-23-13(12(22)8-9-2-3-9)10-4-6-11(7-5-10)14-20-15(24-21-14)16(17,18)19/h4-7,9,13H,2-3,8H2,1H3. The van der Waals surface area contributed by atoms with Gasteiger partial charge in [-0.2, -0.15) is 18.2 Å². The van der Waals surface area contributed by atoms with E-state index < -0.39 is 18.2 Å². The summed E-state index contributed by atoms with van der Waals surface area (Å²) in [7, 11) is 1.46. The van der Waals surface area contributed by atoms with E-state index in [-0.39, 0.29) is 11.6 Å². The average Bonchev–Trinajstić information content (AvgIpc) is 3.19. The normalized spacial score (nSPS) is 16.2. The van der Waals surface area contributed by atoms with Crippen LogP contribution in [0.1, 0.15) is 36.8 Å². The lowest BCUT2D eigenvalue weighted by Gasteiger charge is -2.14. The van der Waals surface area contributed by atoms with Crippen LogP contribution in [0.4, 0.5) is 13.2 Å². The minimum absolute atomic E-state index is 0.00617. The van der Waals surface area contributed by atoms with Crippen LogP contribution in [-0.2, 0) is 15.7 Å². The molecule has 0 N–H and O–H groups in total. The Bertz CT molecular complexity index is 721. The van der Waals surface area contributed by atoms with Gasteiger partial charge in [0.15, 0.2) is 5.78 Å². The Morgan fingerprint density at radius 2 is 2.00 bits per heavy atom. The molecule has 0 radical (unpaired) electrons. The molecule has 128 valence electrons. The second-order valence-corrected chi connectivity index (χ2v) is 5.77. The monoisotopic (exact) mass is 340 g/mol. The fourth-order valence-corrected chi connectivity index (χ4v) is 2.43. The maximum Gasteiger partial charge on any atom is 0.471 e. The Labute approximate surface area is 135 Å². The molecular formula is C16H15F3N2O3. The molecule has 24 heavy (non-hydrogen) atoms. The molecule has 1 aliphatic carbocycles. The number of carbonyl (C=O) groups is 1. The Hall–Kier alpha value is -2.22. The van der Waals surface area contributed by atoms with Crippen LogP contribution in [0.25, 0.3) is 11.4 Å². The highest BCUT2D eigenvalue weighted by Gasteiger charge is 2.38. The molecule has 1 aliphatic rings. The fraction of sp³-hybridized carbons (Fsp3) is 0.438. The molecule has 3 rings (SSSR count). The molecule has 0 amide bonds. The second kappa shape index (κ2) is 6.35. The van der Waals surface area contributed by atoms with Gasteiger partial charge in [0, 0.05) is 19.1 Å². The molecule has 8 heteroatoms. The van der Waals surface area contributed by atoms with Crippen molar-refractivity contribution in [2.24, 2.45) is 5.92 Å². The van der Waals surface area contributed by atoms with Crippen LogP contribution in [0.15, 0.2) is 28.8 Å². The minimum atomic E-state index is -4.68. The van der Waals surface area contributed by atoms with Gasteiger partial charge in [0.05, 0.1) is 0 Å². The van der Waals surface area contributed by atoms with E-state index in [1.165, 1.54) is 19.2 Å². The average molecular weight is 340 g/mol. The van der Waals surface area contributed by atoms with E-state index >= 15 is 0 Å². The summed E-state index contributed by atoms with van der Waals surface area (Å²) < 4.78 is 46.9. The molecule has 0 spiro atoms. The van der Waals surface area contributed by atoms with Crippen LogP contribution < -0.4 is 0 Å². The molecule has 0 bridgehead atoms. The van der Waals surface area contributed by atoms with Crippen molar-refractivity contribution in [2.45, 2.75) is 31.5 Å². The van der Waals surface area contributed by atoms with Gasteiger partial charge in [0.25, 0.3) is 0 Å². The first-order valence-corrected chi connectivity index (χ1v) is 7.45. The van der Waals surface area contributed by atoms with Gasteiger partial charge in [-0.3, -0.25) is 4.79 Å². The van der Waals surface area contributed by atoms with Gasteiger partial charge < -0.3 is 9.26 Å². The lowest BCUT2D eigenvalue weighted by atomic mass is 10.0. The van der Waals surface area contributed by atoms with Crippen LogP contribution in [0.3, 0.4) is 0 Å². The van der Waals surface area contributed by atoms with Crippen LogP contribution in [0.2, 0.25) is 0 Å². The summed E-state index contributed by atoms with van der Waals surface area (Å²) in [4.78, 5) is 15.5. The fourth-order valence-electron chi connectivity index (χ4n) is 2.43. The van der Waals surface area contributed by atoms with Gasteiger partial charge in [-0.25, -0.2) is 0 Å². The molecule has 0 saturated heterocycles. The molecule has 1 atom stereocenters. The SMILES string of the molecule is COC(C(=O)CC1CC1)c1ccc(-c2noc(C(F)(F)F)n2)cc1. The van der Waals surface area contributed by atoms with Gasteiger partial charge in [-0.05, 0) is 24.3 Å². The number of carbonyl (C=O) groups excluding carboxylic acids is 1. The van der Waals surface area contributed by atoms with Crippen LogP contribution in [0, 0.1) is 5.92 Å². The van der Waals surface area contributed by atoms with E-state index in [4.69, 9.17) is 4.74 Å². The number of Topliss-reactive ketones (excluding diaryl/α,β-unsaturated/α-hetero) is 1. The predicted octanol–water partition coefficient (Wildman–Crippen LogP) is 3.81. The van der Waals surface area contributed by atoms with Gasteiger partial charge >= 0.3 is 12.1 Å². The number of methoxy groups -OCH3 is 1. The van der Waals surface area contributed by atoms with E-state index in [9.17, 15) is 18.0 Å². The number of nitrogens with zero attached hydrogens (tertiary/aromatic N) is 2. The molecule has 1 aromatic heterocycles. The van der Waals surface area contributed by atoms with Crippen LogP contribution in [0.5, 0.6) is 0 Å². The van der Waals surface area contributed by atoms with Crippen molar-refractivity contribution in [3.8, 4) is 11.4 Å². The topological polar surface area (TPSA) is 65.2 Å². The number of aromatic nitrogens is 2. The number of ether oxygens (including phenoxy) is 1. The Morgan fingerprint density at radius 3 is 2.50 bits per heavy atom. The largest absolute Gasteiger partial charge is 0.471 e.